The van der Waals surface area contributed by atoms with Gasteiger partial charge in [-0.05, 0) is 54.8 Å². The summed E-state index contributed by atoms with van der Waals surface area (Å²) >= 11 is 5.93. The van der Waals surface area contributed by atoms with Crippen LogP contribution in [0.3, 0.4) is 0 Å². The molecular weight excluding hydrogens is 474 g/mol. The van der Waals surface area contributed by atoms with Gasteiger partial charge in [0.2, 0.25) is 20.0 Å². The molecular formula is C21H24ClN3O5S2. The lowest BCUT2D eigenvalue weighted by Gasteiger charge is -2.34. The minimum atomic E-state index is -3.68. The number of halogens is 1. The zero-order valence-corrected chi connectivity index (χ0v) is 20.0. The smallest absolute Gasteiger partial charge is 0.253 e. The first-order chi connectivity index (χ1) is 15.1. The van der Waals surface area contributed by atoms with Gasteiger partial charge < -0.3 is 4.90 Å². The summed E-state index contributed by atoms with van der Waals surface area (Å²) in [6.45, 7) is 1.35. The quantitative estimate of drug-likeness (QED) is 0.645. The summed E-state index contributed by atoms with van der Waals surface area (Å²) in [5.41, 5.74) is 1.92. The highest BCUT2D eigenvalue weighted by Crippen LogP contribution is 2.30. The number of hydrogen-bond donors (Lipinski definition) is 0. The number of anilines is 1. The number of rotatable bonds is 4. The predicted octanol–water partition coefficient (Wildman–Crippen LogP) is 2.20. The number of amides is 1. The molecule has 0 bridgehead atoms. The summed E-state index contributed by atoms with van der Waals surface area (Å²) in [5, 5.41) is 0.349. The highest BCUT2D eigenvalue weighted by atomic mass is 35.5. The van der Waals surface area contributed by atoms with E-state index in [1.165, 1.54) is 27.0 Å². The van der Waals surface area contributed by atoms with E-state index in [2.05, 4.69) is 0 Å². The van der Waals surface area contributed by atoms with Gasteiger partial charge in [0.05, 0.1) is 16.8 Å². The molecule has 2 aromatic carbocycles. The molecule has 0 aliphatic carbocycles. The molecule has 8 nitrogen and oxygen atoms in total. The molecule has 4 rings (SSSR count). The Balaban J connectivity index is 1.47. The summed E-state index contributed by atoms with van der Waals surface area (Å²) in [7, 11) is -7.05. The minimum Gasteiger partial charge on any atom is -0.336 e. The van der Waals surface area contributed by atoms with Crippen molar-refractivity contribution in [3.05, 3.63) is 58.6 Å². The predicted molar refractivity (Wildman–Crippen MR) is 123 cm³/mol. The van der Waals surface area contributed by atoms with E-state index >= 15 is 0 Å². The third-order valence-corrected chi connectivity index (χ3v) is 9.07. The second-order valence-electron chi connectivity index (χ2n) is 7.94. The van der Waals surface area contributed by atoms with Crippen LogP contribution in [-0.4, -0.2) is 70.9 Å². The lowest BCUT2D eigenvalue weighted by molar-refractivity contribution is 0.0698. The Labute approximate surface area is 193 Å². The SMILES string of the molecule is CS(=O)(=O)N1CCCc2cc(C(=O)N3CCN(S(=O)(=O)c4cccc(Cl)c4)CC3)ccc21. The van der Waals surface area contributed by atoms with E-state index in [1.54, 1.807) is 35.2 Å². The molecule has 0 atom stereocenters. The average Bonchev–Trinajstić information content (AvgIpc) is 2.77. The molecule has 0 N–H and O–H groups in total. The van der Waals surface area contributed by atoms with Crippen molar-refractivity contribution >= 4 is 43.2 Å². The van der Waals surface area contributed by atoms with Crippen LogP contribution < -0.4 is 4.31 Å². The Hall–Kier alpha value is -2.14. The van der Waals surface area contributed by atoms with Crippen molar-refractivity contribution in [2.24, 2.45) is 0 Å². The molecule has 172 valence electrons. The van der Waals surface area contributed by atoms with Crippen LogP contribution in [0.15, 0.2) is 47.4 Å². The Bertz CT molecular complexity index is 1260. The third kappa shape index (κ3) is 4.50. The maximum Gasteiger partial charge on any atom is 0.253 e. The molecule has 2 heterocycles. The van der Waals surface area contributed by atoms with E-state index in [-0.39, 0.29) is 37.0 Å². The standard InChI is InChI=1S/C21H24ClN3O5S2/c1-31(27,28)25-9-3-4-16-14-17(7-8-20(16)25)21(26)23-10-12-24(13-11-23)32(29,30)19-6-2-5-18(22)15-19/h2,5-8,14-15H,3-4,9-13H2,1H3. The molecule has 1 amide bonds. The van der Waals surface area contributed by atoms with Crippen molar-refractivity contribution in [3.8, 4) is 0 Å². The Morgan fingerprint density at radius 1 is 0.938 bits per heavy atom. The van der Waals surface area contributed by atoms with E-state index in [0.29, 0.717) is 35.7 Å². The second-order valence-corrected chi connectivity index (χ2v) is 12.2. The van der Waals surface area contributed by atoms with Gasteiger partial charge in [-0.3, -0.25) is 9.10 Å². The number of carbonyl (C=O) groups is 1. The highest BCUT2D eigenvalue weighted by molar-refractivity contribution is 7.92. The molecule has 1 fully saturated rings. The summed E-state index contributed by atoms with van der Waals surface area (Å²) in [6, 6.07) is 11.2. The molecule has 0 radical (unpaired) electrons. The lowest BCUT2D eigenvalue weighted by Crippen LogP contribution is -2.50. The number of piperazine rings is 1. The summed E-state index contributed by atoms with van der Waals surface area (Å²) in [6.07, 6.45) is 2.57. The maximum atomic E-state index is 13.0. The van der Waals surface area contributed by atoms with Crippen LogP contribution in [0, 0.1) is 0 Å². The molecule has 0 aromatic heterocycles. The van der Waals surface area contributed by atoms with Crippen LogP contribution in [0.5, 0.6) is 0 Å². The summed E-state index contributed by atoms with van der Waals surface area (Å²) in [5.74, 6) is -0.191. The Morgan fingerprint density at radius 3 is 2.31 bits per heavy atom. The van der Waals surface area contributed by atoms with Gasteiger partial charge in [-0.2, -0.15) is 4.31 Å². The zero-order valence-electron chi connectivity index (χ0n) is 17.6. The van der Waals surface area contributed by atoms with Crippen LogP contribution in [-0.2, 0) is 26.5 Å². The first kappa shape index (κ1) is 23.0. The minimum absolute atomic E-state index is 0.134. The van der Waals surface area contributed by atoms with Crippen LogP contribution in [0.25, 0.3) is 0 Å². The number of aryl methyl sites for hydroxylation is 1. The topological polar surface area (TPSA) is 95.1 Å². The molecule has 32 heavy (non-hydrogen) atoms. The highest BCUT2D eigenvalue weighted by Gasteiger charge is 2.31. The van der Waals surface area contributed by atoms with E-state index in [0.717, 1.165) is 5.56 Å². The molecule has 2 aliphatic rings. The lowest BCUT2D eigenvalue weighted by atomic mass is 10.00. The normalized spacial score (nSPS) is 17.8. The summed E-state index contributed by atoms with van der Waals surface area (Å²) < 4.78 is 52.5. The van der Waals surface area contributed by atoms with Crippen molar-refractivity contribution in [1.82, 2.24) is 9.21 Å². The van der Waals surface area contributed by atoms with Crippen molar-refractivity contribution in [1.29, 1.82) is 0 Å². The fourth-order valence-electron chi connectivity index (χ4n) is 4.13. The van der Waals surface area contributed by atoms with Crippen molar-refractivity contribution in [3.63, 3.8) is 0 Å². The summed E-state index contributed by atoms with van der Waals surface area (Å²) in [4.78, 5) is 14.8. The first-order valence-electron chi connectivity index (χ1n) is 10.2. The Morgan fingerprint density at radius 2 is 1.66 bits per heavy atom. The van der Waals surface area contributed by atoms with Crippen LogP contribution >= 0.6 is 11.6 Å². The van der Waals surface area contributed by atoms with Gasteiger partial charge in [0.1, 0.15) is 0 Å². The van der Waals surface area contributed by atoms with E-state index in [4.69, 9.17) is 11.6 Å². The second kappa shape index (κ2) is 8.66. The number of carbonyl (C=O) groups excluding carboxylic acids is 1. The molecule has 1 saturated heterocycles. The molecule has 2 aliphatic heterocycles. The monoisotopic (exact) mass is 497 g/mol. The number of sulfonamides is 2. The van der Waals surface area contributed by atoms with Crippen molar-refractivity contribution < 1.29 is 21.6 Å². The van der Waals surface area contributed by atoms with Crippen molar-refractivity contribution in [2.45, 2.75) is 17.7 Å². The van der Waals surface area contributed by atoms with E-state index < -0.39 is 20.0 Å². The van der Waals surface area contributed by atoms with Gasteiger partial charge in [-0.25, -0.2) is 16.8 Å². The van der Waals surface area contributed by atoms with E-state index in [9.17, 15) is 21.6 Å². The number of hydrogen-bond acceptors (Lipinski definition) is 5. The van der Waals surface area contributed by atoms with Gasteiger partial charge in [0.15, 0.2) is 0 Å². The third-order valence-electron chi connectivity index (χ3n) is 5.76. The van der Waals surface area contributed by atoms with Crippen molar-refractivity contribution in [2.75, 3.05) is 43.3 Å². The van der Waals surface area contributed by atoms with E-state index in [1.807, 2.05) is 0 Å². The largest absolute Gasteiger partial charge is 0.336 e. The van der Waals surface area contributed by atoms with Gasteiger partial charge >= 0.3 is 0 Å². The molecule has 11 heteroatoms. The molecule has 0 spiro atoms. The van der Waals surface area contributed by atoms with Gasteiger partial charge in [-0.1, -0.05) is 17.7 Å². The number of nitrogens with zero attached hydrogens (tertiary/aromatic N) is 3. The van der Waals surface area contributed by atoms with Crippen LogP contribution in [0.1, 0.15) is 22.3 Å². The molecule has 2 aromatic rings. The maximum absolute atomic E-state index is 13.0. The van der Waals surface area contributed by atoms with Gasteiger partial charge in [0, 0.05) is 43.3 Å². The zero-order chi connectivity index (χ0) is 23.1. The van der Waals surface area contributed by atoms with Crippen LogP contribution in [0.2, 0.25) is 5.02 Å². The first-order valence-corrected chi connectivity index (χ1v) is 13.9. The Kier molecular flexibility index (Phi) is 6.23. The fraction of sp³-hybridized carbons (Fsp3) is 0.381. The fourth-order valence-corrected chi connectivity index (χ4v) is 6.85. The molecule has 0 unspecified atom stereocenters. The number of fused-ring (bicyclic) bond motifs is 1. The van der Waals surface area contributed by atoms with Gasteiger partial charge in [0.25, 0.3) is 5.91 Å². The number of benzene rings is 2. The average molecular weight is 498 g/mol. The van der Waals surface area contributed by atoms with Crippen LogP contribution in [0.4, 0.5) is 5.69 Å². The molecule has 0 saturated carbocycles. The van der Waals surface area contributed by atoms with Gasteiger partial charge in [-0.15, -0.1) is 0 Å².